The quantitative estimate of drug-likeness (QED) is 0.799. The maximum absolute atomic E-state index is 13.1. The Balaban J connectivity index is 2.68. The highest BCUT2D eigenvalue weighted by atomic mass is 35.5. The predicted octanol–water partition coefficient (Wildman–Crippen LogP) is 4.64. The fraction of sp³-hybridized carbons (Fsp3) is 0.571. The molecule has 0 radical (unpaired) electrons. The van der Waals surface area contributed by atoms with Crippen LogP contribution in [0.3, 0.4) is 0 Å². The minimum Gasteiger partial charge on any atom is -0.385 e. The van der Waals surface area contributed by atoms with Crippen LogP contribution in [0.25, 0.3) is 0 Å². The summed E-state index contributed by atoms with van der Waals surface area (Å²) in [4.78, 5) is 0. The zero-order valence-corrected chi connectivity index (χ0v) is 11.8. The van der Waals surface area contributed by atoms with Crippen molar-refractivity contribution in [2.45, 2.75) is 50.8 Å². The van der Waals surface area contributed by atoms with E-state index in [-0.39, 0.29) is 10.6 Å². The first kappa shape index (κ1) is 14.7. The molecule has 0 aliphatic heterocycles. The van der Waals surface area contributed by atoms with Crippen LogP contribution < -0.4 is 0 Å². The second kappa shape index (κ2) is 4.13. The molecule has 1 nitrogen and oxygen atoms in total. The van der Waals surface area contributed by atoms with Gasteiger partial charge in [0.25, 0.3) is 0 Å². The van der Waals surface area contributed by atoms with Crippen molar-refractivity contribution in [1.29, 1.82) is 0 Å². The third kappa shape index (κ3) is 2.75. The van der Waals surface area contributed by atoms with Crippen molar-refractivity contribution in [1.82, 2.24) is 0 Å². The first-order valence-electron chi connectivity index (χ1n) is 6.09. The van der Waals surface area contributed by atoms with Crippen LogP contribution in [-0.4, -0.2) is 5.11 Å². The van der Waals surface area contributed by atoms with E-state index in [1.54, 1.807) is 20.8 Å². The van der Waals surface area contributed by atoms with E-state index in [0.717, 1.165) is 0 Å². The van der Waals surface area contributed by atoms with Crippen molar-refractivity contribution in [2.24, 2.45) is 0 Å². The molecule has 5 heteroatoms. The number of hydrogen-bond donors (Lipinski definition) is 1. The highest BCUT2D eigenvalue weighted by Gasteiger charge is 2.45. The average Bonchev–Trinajstić information content (AvgIpc) is 2.93. The Kier molecular flexibility index (Phi) is 3.18. The molecule has 1 aromatic carbocycles. The number of benzene rings is 1. The molecule has 0 atom stereocenters. The van der Waals surface area contributed by atoms with Gasteiger partial charge in [0, 0.05) is 0 Å². The van der Waals surface area contributed by atoms with E-state index in [4.69, 9.17) is 11.6 Å². The van der Waals surface area contributed by atoms with Gasteiger partial charge in [-0.2, -0.15) is 13.2 Å². The van der Waals surface area contributed by atoms with Gasteiger partial charge in [0.05, 0.1) is 16.2 Å². The fourth-order valence-corrected chi connectivity index (χ4v) is 2.49. The predicted molar refractivity (Wildman–Crippen MR) is 68.3 cm³/mol. The van der Waals surface area contributed by atoms with E-state index in [1.807, 2.05) is 0 Å². The summed E-state index contributed by atoms with van der Waals surface area (Å²) in [5, 5.41) is 9.73. The first-order chi connectivity index (χ1) is 8.45. The second-order valence-corrected chi connectivity index (χ2v) is 6.57. The minimum atomic E-state index is -4.50. The van der Waals surface area contributed by atoms with Gasteiger partial charge in [-0.25, -0.2) is 0 Å². The third-order valence-corrected chi connectivity index (χ3v) is 3.74. The summed E-state index contributed by atoms with van der Waals surface area (Å²) in [6.45, 7) is 5.11. The number of rotatable bonds is 1. The van der Waals surface area contributed by atoms with Gasteiger partial charge in [-0.15, -0.1) is 0 Å². The SMILES string of the molecule is CC(C)(C)c1cc(C2(O)CC2)cc(Cl)c1C(F)(F)F. The van der Waals surface area contributed by atoms with Crippen molar-refractivity contribution in [3.8, 4) is 0 Å². The standard InChI is InChI=1S/C14H16ClF3O/c1-12(2,3)9-6-8(13(19)4-5-13)7-10(15)11(9)14(16,17)18/h6-7,19H,4-5H2,1-3H3. The van der Waals surface area contributed by atoms with E-state index < -0.39 is 22.8 Å². The molecular weight excluding hydrogens is 277 g/mol. The van der Waals surface area contributed by atoms with Gasteiger partial charge in [-0.3, -0.25) is 0 Å². The maximum Gasteiger partial charge on any atom is 0.418 e. The lowest BCUT2D eigenvalue weighted by molar-refractivity contribution is -0.138. The van der Waals surface area contributed by atoms with Gasteiger partial charge in [0.15, 0.2) is 0 Å². The molecule has 1 aromatic rings. The maximum atomic E-state index is 13.1. The van der Waals surface area contributed by atoms with Crippen LogP contribution in [0.5, 0.6) is 0 Å². The van der Waals surface area contributed by atoms with Gasteiger partial charge in [-0.1, -0.05) is 38.4 Å². The number of alkyl halides is 3. The van der Waals surface area contributed by atoms with E-state index in [0.29, 0.717) is 18.4 Å². The van der Waals surface area contributed by atoms with Gasteiger partial charge in [0.1, 0.15) is 0 Å². The zero-order chi connectivity index (χ0) is 14.6. The van der Waals surface area contributed by atoms with Crippen molar-refractivity contribution < 1.29 is 18.3 Å². The monoisotopic (exact) mass is 292 g/mol. The molecule has 1 aliphatic carbocycles. The van der Waals surface area contributed by atoms with Gasteiger partial charge < -0.3 is 5.11 Å². The Labute approximate surface area is 115 Å². The smallest absolute Gasteiger partial charge is 0.385 e. The van der Waals surface area contributed by atoms with Gasteiger partial charge in [-0.05, 0) is 35.4 Å². The molecule has 0 unspecified atom stereocenters. The summed E-state index contributed by atoms with van der Waals surface area (Å²) < 4.78 is 39.4. The minimum absolute atomic E-state index is 0.128. The summed E-state index contributed by atoms with van der Waals surface area (Å²) in [6.07, 6.45) is -3.36. The Bertz CT molecular complexity index is 511. The molecule has 1 N–H and O–H groups in total. The first-order valence-corrected chi connectivity index (χ1v) is 6.47. The van der Waals surface area contributed by atoms with Crippen LogP contribution in [0, 0.1) is 0 Å². The lowest BCUT2D eigenvalue weighted by Crippen LogP contribution is -2.21. The summed E-state index contributed by atoms with van der Waals surface area (Å²) in [7, 11) is 0. The van der Waals surface area contributed by atoms with Crippen LogP contribution in [0.15, 0.2) is 12.1 Å². The molecule has 106 valence electrons. The zero-order valence-electron chi connectivity index (χ0n) is 11.0. The summed E-state index contributed by atoms with van der Waals surface area (Å²) in [6, 6.07) is 2.69. The Morgan fingerprint density at radius 1 is 1.16 bits per heavy atom. The van der Waals surface area contributed by atoms with Crippen LogP contribution in [0.1, 0.15) is 50.3 Å². The summed E-state index contributed by atoms with van der Waals surface area (Å²) in [5.74, 6) is 0. The Morgan fingerprint density at radius 3 is 2.05 bits per heavy atom. The molecule has 2 rings (SSSR count). The number of halogens is 4. The van der Waals surface area contributed by atoms with Gasteiger partial charge >= 0.3 is 6.18 Å². The van der Waals surface area contributed by atoms with Crippen LogP contribution in [-0.2, 0) is 17.2 Å². The van der Waals surface area contributed by atoms with Crippen molar-refractivity contribution in [3.63, 3.8) is 0 Å². The molecule has 1 saturated carbocycles. The van der Waals surface area contributed by atoms with E-state index in [2.05, 4.69) is 0 Å². The molecule has 0 heterocycles. The normalized spacial score (nSPS) is 18.5. The van der Waals surface area contributed by atoms with Crippen LogP contribution in [0.2, 0.25) is 5.02 Å². The Morgan fingerprint density at radius 2 is 1.68 bits per heavy atom. The molecule has 0 amide bonds. The lowest BCUT2D eigenvalue weighted by Gasteiger charge is -2.27. The van der Waals surface area contributed by atoms with Crippen LogP contribution >= 0.6 is 11.6 Å². The fourth-order valence-electron chi connectivity index (χ4n) is 2.16. The lowest BCUT2D eigenvalue weighted by atomic mass is 9.81. The molecule has 0 saturated heterocycles. The largest absolute Gasteiger partial charge is 0.418 e. The van der Waals surface area contributed by atoms with E-state index in [9.17, 15) is 18.3 Å². The molecule has 0 spiro atoms. The number of aliphatic hydroxyl groups is 1. The molecule has 1 fully saturated rings. The van der Waals surface area contributed by atoms with Crippen molar-refractivity contribution >= 4 is 11.6 Å². The summed E-state index contributed by atoms with van der Waals surface area (Å²) >= 11 is 5.83. The highest BCUT2D eigenvalue weighted by Crippen LogP contribution is 2.49. The summed E-state index contributed by atoms with van der Waals surface area (Å²) in [5.41, 5.74) is -1.88. The highest BCUT2D eigenvalue weighted by molar-refractivity contribution is 6.31. The Hall–Kier alpha value is -0.740. The molecule has 0 aromatic heterocycles. The molecule has 19 heavy (non-hydrogen) atoms. The van der Waals surface area contributed by atoms with E-state index in [1.165, 1.54) is 12.1 Å². The molecule has 0 bridgehead atoms. The number of hydrogen-bond acceptors (Lipinski definition) is 1. The molecular formula is C14H16ClF3O. The van der Waals surface area contributed by atoms with Crippen molar-refractivity contribution in [3.05, 3.63) is 33.8 Å². The second-order valence-electron chi connectivity index (χ2n) is 6.16. The van der Waals surface area contributed by atoms with Crippen LogP contribution in [0.4, 0.5) is 13.2 Å². The molecule has 1 aliphatic rings. The van der Waals surface area contributed by atoms with Gasteiger partial charge in [0.2, 0.25) is 0 Å². The third-order valence-electron chi connectivity index (χ3n) is 3.44. The average molecular weight is 293 g/mol. The van der Waals surface area contributed by atoms with E-state index >= 15 is 0 Å². The van der Waals surface area contributed by atoms with Crippen molar-refractivity contribution in [2.75, 3.05) is 0 Å². The topological polar surface area (TPSA) is 20.2 Å².